The second-order valence-electron chi connectivity index (χ2n) is 5.33. The van der Waals surface area contributed by atoms with E-state index in [2.05, 4.69) is 10.3 Å². The second-order valence-corrected chi connectivity index (χ2v) is 5.33. The number of rotatable bonds is 5. The number of para-hydroxylation sites is 2. The number of amides is 1. The molecule has 1 amide bonds. The summed E-state index contributed by atoms with van der Waals surface area (Å²) in [4.78, 5) is 28.3. The fourth-order valence-corrected chi connectivity index (χ4v) is 2.49. The molecule has 3 aromatic rings. The highest BCUT2D eigenvalue weighted by atomic mass is 16.3. The highest BCUT2D eigenvalue weighted by molar-refractivity contribution is 5.91. The van der Waals surface area contributed by atoms with Gasteiger partial charge >= 0.3 is 0 Å². The van der Waals surface area contributed by atoms with Crippen LogP contribution in [0.3, 0.4) is 0 Å². The molecule has 1 N–H and O–H groups in total. The molecule has 0 bridgehead atoms. The molecule has 6 heteroatoms. The Morgan fingerprint density at radius 2 is 2.04 bits per heavy atom. The minimum atomic E-state index is -0.349. The van der Waals surface area contributed by atoms with Crippen LogP contribution in [0.15, 0.2) is 47.1 Å². The van der Waals surface area contributed by atoms with Crippen molar-refractivity contribution in [1.29, 1.82) is 0 Å². The Kier molecular flexibility index (Phi) is 3.97. The second kappa shape index (κ2) is 6.08. The summed E-state index contributed by atoms with van der Waals surface area (Å²) in [7, 11) is 0. The van der Waals surface area contributed by atoms with Crippen LogP contribution in [-0.2, 0) is 11.3 Å². The van der Waals surface area contributed by atoms with Gasteiger partial charge in [-0.15, -0.1) is 0 Å². The number of hydrogen-bond acceptors (Lipinski definition) is 4. The number of carbonyl (C=O) groups excluding carboxylic acids is 2. The molecule has 3 rings (SSSR count). The Morgan fingerprint density at radius 3 is 2.74 bits per heavy atom. The number of imidazole rings is 1. The largest absolute Gasteiger partial charge is 0.459 e. The van der Waals surface area contributed by atoms with Crippen molar-refractivity contribution in [2.24, 2.45) is 0 Å². The quantitative estimate of drug-likeness (QED) is 0.786. The van der Waals surface area contributed by atoms with Gasteiger partial charge in [0, 0.05) is 0 Å². The predicted molar refractivity (Wildman–Crippen MR) is 85.0 cm³/mol. The summed E-state index contributed by atoms with van der Waals surface area (Å²) in [5.41, 5.74) is 1.67. The van der Waals surface area contributed by atoms with Crippen molar-refractivity contribution in [3.8, 4) is 0 Å². The summed E-state index contributed by atoms with van der Waals surface area (Å²) < 4.78 is 6.93. The number of fused-ring (bicyclic) bond motifs is 1. The summed E-state index contributed by atoms with van der Waals surface area (Å²) >= 11 is 0. The van der Waals surface area contributed by atoms with Gasteiger partial charge in [-0.2, -0.15) is 0 Å². The molecule has 23 heavy (non-hydrogen) atoms. The van der Waals surface area contributed by atoms with Gasteiger partial charge in [-0.25, -0.2) is 4.98 Å². The van der Waals surface area contributed by atoms with Crippen molar-refractivity contribution in [1.82, 2.24) is 14.9 Å². The van der Waals surface area contributed by atoms with E-state index in [0.29, 0.717) is 5.82 Å². The van der Waals surface area contributed by atoms with Crippen LogP contribution in [0.5, 0.6) is 0 Å². The Morgan fingerprint density at radius 1 is 1.26 bits per heavy atom. The van der Waals surface area contributed by atoms with E-state index in [-0.39, 0.29) is 30.0 Å². The number of benzene rings is 1. The van der Waals surface area contributed by atoms with Gasteiger partial charge in [0.1, 0.15) is 5.82 Å². The van der Waals surface area contributed by atoms with E-state index in [1.165, 1.54) is 6.26 Å². The molecule has 0 saturated heterocycles. The third-order valence-corrected chi connectivity index (χ3v) is 3.80. The summed E-state index contributed by atoms with van der Waals surface area (Å²) in [5, 5.41) is 2.77. The minimum absolute atomic E-state index is 0.0340. The molecule has 6 nitrogen and oxygen atoms in total. The maximum Gasteiger partial charge on any atom is 0.287 e. The first-order valence-electron chi connectivity index (χ1n) is 7.36. The number of nitrogens with one attached hydrogen (secondary N) is 1. The van der Waals surface area contributed by atoms with Crippen LogP contribution in [0.4, 0.5) is 0 Å². The van der Waals surface area contributed by atoms with Crippen molar-refractivity contribution in [2.75, 3.05) is 0 Å². The molecular weight excluding hydrogens is 294 g/mol. The predicted octanol–water partition coefficient (Wildman–Crippen LogP) is 2.71. The Labute approximate surface area is 133 Å². The number of Topliss-reactive ketones (excluding diaryl/α,β-unsaturated/α-hetero) is 1. The molecular formula is C17H17N3O3. The Balaban J connectivity index is 1.92. The minimum Gasteiger partial charge on any atom is -0.459 e. The topological polar surface area (TPSA) is 77.1 Å². The number of ketones is 1. The lowest BCUT2D eigenvalue weighted by molar-refractivity contribution is -0.119. The van der Waals surface area contributed by atoms with Crippen molar-refractivity contribution in [2.45, 2.75) is 26.4 Å². The molecule has 1 aromatic carbocycles. The van der Waals surface area contributed by atoms with E-state index in [4.69, 9.17) is 4.42 Å². The maximum atomic E-state index is 12.0. The van der Waals surface area contributed by atoms with Gasteiger partial charge in [0.05, 0.1) is 29.9 Å². The lowest BCUT2D eigenvalue weighted by Gasteiger charge is -2.15. The molecule has 0 spiro atoms. The third-order valence-electron chi connectivity index (χ3n) is 3.80. The number of hydrogen-bond donors (Lipinski definition) is 1. The Hall–Kier alpha value is -2.89. The molecule has 0 aliphatic carbocycles. The third kappa shape index (κ3) is 2.88. The van der Waals surface area contributed by atoms with Crippen molar-refractivity contribution in [3.05, 3.63) is 54.2 Å². The van der Waals surface area contributed by atoms with Crippen molar-refractivity contribution in [3.63, 3.8) is 0 Å². The zero-order valence-corrected chi connectivity index (χ0v) is 12.9. The fraction of sp³-hybridized carbons (Fsp3) is 0.235. The van der Waals surface area contributed by atoms with Crippen LogP contribution in [0, 0.1) is 0 Å². The summed E-state index contributed by atoms with van der Waals surface area (Å²) in [5.74, 6) is 0.594. The van der Waals surface area contributed by atoms with Gasteiger partial charge in [-0.3, -0.25) is 9.59 Å². The van der Waals surface area contributed by atoms with Gasteiger partial charge in [0.25, 0.3) is 5.91 Å². The van der Waals surface area contributed by atoms with Crippen LogP contribution in [-0.4, -0.2) is 21.2 Å². The zero-order chi connectivity index (χ0) is 16.4. The molecule has 2 heterocycles. The lowest BCUT2D eigenvalue weighted by Crippen LogP contribution is -2.26. The van der Waals surface area contributed by atoms with Crippen LogP contribution in [0.25, 0.3) is 11.0 Å². The number of carbonyl (C=O) groups is 2. The fourth-order valence-electron chi connectivity index (χ4n) is 2.49. The number of nitrogens with zero attached hydrogens (tertiary/aromatic N) is 2. The average molecular weight is 311 g/mol. The molecule has 0 saturated carbocycles. The molecule has 118 valence electrons. The van der Waals surface area contributed by atoms with Crippen LogP contribution in [0.2, 0.25) is 0 Å². The van der Waals surface area contributed by atoms with E-state index >= 15 is 0 Å². The molecule has 0 aliphatic heterocycles. The Bertz CT molecular complexity index is 849. The molecule has 0 aliphatic rings. The zero-order valence-electron chi connectivity index (χ0n) is 12.9. The van der Waals surface area contributed by atoms with Crippen molar-refractivity contribution >= 4 is 22.7 Å². The summed E-state index contributed by atoms with van der Waals surface area (Å²) in [6, 6.07) is 10.5. The number of aromatic nitrogens is 2. The first-order chi connectivity index (χ1) is 11.1. The van der Waals surface area contributed by atoms with Gasteiger partial charge in [0.2, 0.25) is 0 Å². The monoisotopic (exact) mass is 311 g/mol. The van der Waals surface area contributed by atoms with E-state index in [1.54, 1.807) is 19.1 Å². The van der Waals surface area contributed by atoms with Gasteiger partial charge < -0.3 is 14.3 Å². The van der Waals surface area contributed by atoms with E-state index in [0.717, 1.165) is 11.0 Å². The van der Waals surface area contributed by atoms with Gasteiger partial charge in [-0.05, 0) is 38.1 Å². The van der Waals surface area contributed by atoms with Crippen LogP contribution >= 0.6 is 0 Å². The molecule has 1 atom stereocenters. The molecule has 0 fully saturated rings. The normalized spacial score (nSPS) is 12.3. The first-order valence-corrected chi connectivity index (χ1v) is 7.36. The van der Waals surface area contributed by atoms with E-state index in [9.17, 15) is 9.59 Å². The standard InChI is InChI=1S/C17H17N3O3/c1-11(12(2)21)20-14-7-4-3-6-13(14)19-16(20)10-18-17(22)15-8-5-9-23-15/h3-9,11H,10H2,1-2H3,(H,18,22). The summed E-state index contributed by atoms with van der Waals surface area (Å²) in [6.07, 6.45) is 1.45. The smallest absolute Gasteiger partial charge is 0.287 e. The molecule has 1 unspecified atom stereocenters. The highest BCUT2D eigenvalue weighted by Crippen LogP contribution is 2.21. The SMILES string of the molecule is CC(=O)C(C)n1c(CNC(=O)c2ccco2)nc2ccccc21. The van der Waals surface area contributed by atoms with Crippen LogP contribution < -0.4 is 5.32 Å². The maximum absolute atomic E-state index is 12.0. The van der Waals surface area contributed by atoms with Crippen molar-refractivity contribution < 1.29 is 14.0 Å². The number of furan rings is 1. The highest BCUT2D eigenvalue weighted by Gasteiger charge is 2.19. The molecule has 0 radical (unpaired) electrons. The molecule has 2 aromatic heterocycles. The first kappa shape index (κ1) is 15.0. The lowest BCUT2D eigenvalue weighted by atomic mass is 10.2. The average Bonchev–Trinajstić information content (AvgIpc) is 3.19. The van der Waals surface area contributed by atoms with Gasteiger partial charge in [0.15, 0.2) is 11.5 Å². The van der Waals surface area contributed by atoms with E-state index in [1.807, 2.05) is 35.8 Å². The van der Waals surface area contributed by atoms with E-state index < -0.39 is 0 Å². The summed E-state index contributed by atoms with van der Waals surface area (Å²) in [6.45, 7) is 3.59. The van der Waals surface area contributed by atoms with Gasteiger partial charge in [-0.1, -0.05) is 12.1 Å². The van der Waals surface area contributed by atoms with Crippen LogP contribution in [0.1, 0.15) is 36.3 Å².